The maximum atomic E-state index is 12.8. The molecular formula is C21H26N2O4S. The Balaban J connectivity index is 1.58. The van der Waals surface area contributed by atoms with Crippen LogP contribution in [0.4, 0.5) is 0 Å². The lowest BCUT2D eigenvalue weighted by molar-refractivity contribution is -0.131. The van der Waals surface area contributed by atoms with Gasteiger partial charge in [-0.1, -0.05) is 31.2 Å². The van der Waals surface area contributed by atoms with Gasteiger partial charge in [0.15, 0.2) is 0 Å². The first-order valence-corrected chi connectivity index (χ1v) is 10.9. The predicted molar refractivity (Wildman–Crippen MR) is 108 cm³/mol. The number of rotatable bonds is 6. The number of nitrogens with zero attached hydrogens (tertiary/aromatic N) is 2. The standard InChI is InChI=1S/C21H26N2O4S/c1-3-17-6-10-20(11-7-17)28(25,26)23-14-12-22(13-15-23)21(24)16-18-4-8-19(27-2)9-5-18/h4-11H,3,12-16H2,1-2H3. The van der Waals surface area contributed by atoms with E-state index in [-0.39, 0.29) is 5.91 Å². The third-order valence-electron chi connectivity index (χ3n) is 5.08. The zero-order chi connectivity index (χ0) is 20.1. The highest BCUT2D eigenvalue weighted by Crippen LogP contribution is 2.19. The summed E-state index contributed by atoms with van der Waals surface area (Å²) in [6, 6.07) is 14.4. The lowest BCUT2D eigenvalue weighted by Gasteiger charge is -2.34. The van der Waals surface area contributed by atoms with E-state index in [0.717, 1.165) is 23.3 Å². The molecule has 0 aromatic heterocycles. The fourth-order valence-electron chi connectivity index (χ4n) is 3.25. The molecule has 0 unspecified atom stereocenters. The second-order valence-electron chi connectivity index (χ2n) is 6.81. The molecular weight excluding hydrogens is 376 g/mol. The van der Waals surface area contributed by atoms with Crippen molar-refractivity contribution in [3.63, 3.8) is 0 Å². The molecule has 1 aliphatic heterocycles. The second-order valence-corrected chi connectivity index (χ2v) is 8.75. The van der Waals surface area contributed by atoms with Gasteiger partial charge in [0.1, 0.15) is 5.75 Å². The summed E-state index contributed by atoms with van der Waals surface area (Å²) >= 11 is 0. The minimum Gasteiger partial charge on any atom is -0.497 e. The molecule has 150 valence electrons. The van der Waals surface area contributed by atoms with Gasteiger partial charge in [0.05, 0.1) is 18.4 Å². The molecule has 28 heavy (non-hydrogen) atoms. The van der Waals surface area contributed by atoms with Crippen LogP contribution in [0.2, 0.25) is 0 Å². The summed E-state index contributed by atoms with van der Waals surface area (Å²) in [5.74, 6) is 0.761. The number of sulfonamides is 1. The van der Waals surface area contributed by atoms with Crippen LogP contribution in [0, 0.1) is 0 Å². The van der Waals surface area contributed by atoms with Crippen LogP contribution in [0.1, 0.15) is 18.1 Å². The van der Waals surface area contributed by atoms with Crippen molar-refractivity contribution in [3.05, 3.63) is 59.7 Å². The van der Waals surface area contributed by atoms with E-state index >= 15 is 0 Å². The van der Waals surface area contributed by atoms with Gasteiger partial charge in [-0.15, -0.1) is 0 Å². The zero-order valence-electron chi connectivity index (χ0n) is 16.3. The number of methoxy groups -OCH3 is 1. The third kappa shape index (κ3) is 4.54. The molecule has 3 rings (SSSR count). The molecule has 0 radical (unpaired) electrons. The summed E-state index contributed by atoms with van der Waals surface area (Å²) in [6.45, 7) is 3.46. The van der Waals surface area contributed by atoms with Crippen LogP contribution in [-0.4, -0.2) is 56.8 Å². The van der Waals surface area contributed by atoms with E-state index in [1.165, 1.54) is 4.31 Å². The van der Waals surface area contributed by atoms with Crippen molar-refractivity contribution in [1.29, 1.82) is 0 Å². The first-order chi connectivity index (χ1) is 13.4. The summed E-state index contributed by atoms with van der Waals surface area (Å²) in [4.78, 5) is 14.6. The fraction of sp³-hybridized carbons (Fsp3) is 0.381. The van der Waals surface area contributed by atoms with E-state index in [1.807, 2.05) is 43.3 Å². The van der Waals surface area contributed by atoms with Crippen LogP contribution in [0.3, 0.4) is 0 Å². The van der Waals surface area contributed by atoms with Crippen LogP contribution >= 0.6 is 0 Å². The van der Waals surface area contributed by atoms with E-state index in [2.05, 4.69) is 0 Å². The Morgan fingerprint density at radius 1 is 0.929 bits per heavy atom. The first kappa shape index (κ1) is 20.4. The maximum Gasteiger partial charge on any atom is 0.243 e. The summed E-state index contributed by atoms with van der Waals surface area (Å²) in [5, 5.41) is 0. The average molecular weight is 403 g/mol. The Kier molecular flexibility index (Phi) is 6.36. The van der Waals surface area contributed by atoms with Gasteiger partial charge in [0.2, 0.25) is 15.9 Å². The predicted octanol–water partition coefficient (Wildman–Crippen LogP) is 2.33. The summed E-state index contributed by atoms with van der Waals surface area (Å²) in [5.41, 5.74) is 2.02. The van der Waals surface area contributed by atoms with Crippen LogP contribution in [0.5, 0.6) is 5.75 Å². The Bertz CT molecular complexity index is 900. The molecule has 1 heterocycles. The number of piperazine rings is 1. The number of carbonyl (C=O) groups excluding carboxylic acids is 1. The van der Waals surface area contributed by atoms with Gasteiger partial charge >= 0.3 is 0 Å². The number of benzene rings is 2. The lowest BCUT2D eigenvalue weighted by Crippen LogP contribution is -2.50. The highest BCUT2D eigenvalue weighted by Gasteiger charge is 2.30. The van der Waals surface area contributed by atoms with Crippen molar-refractivity contribution >= 4 is 15.9 Å². The van der Waals surface area contributed by atoms with Gasteiger partial charge in [0.25, 0.3) is 0 Å². The summed E-state index contributed by atoms with van der Waals surface area (Å²) in [6.07, 6.45) is 1.17. The van der Waals surface area contributed by atoms with Crippen molar-refractivity contribution in [1.82, 2.24) is 9.21 Å². The highest BCUT2D eigenvalue weighted by molar-refractivity contribution is 7.89. The minimum absolute atomic E-state index is 0.00881. The molecule has 0 saturated carbocycles. The van der Waals surface area contributed by atoms with Crippen LogP contribution in [0.15, 0.2) is 53.4 Å². The Morgan fingerprint density at radius 3 is 2.04 bits per heavy atom. The largest absolute Gasteiger partial charge is 0.497 e. The molecule has 0 aliphatic carbocycles. The van der Waals surface area contributed by atoms with Gasteiger partial charge in [-0.05, 0) is 41.8 Å². The molecule has 0 N–H and O–H groups in total. The number of hydrogen-bond acceptors (Lipinski definition) is 4. The summed E-state index contributed by atoms with van der Waals surface area (Å²) < 4.78 is 32.2. The van der Waals surface area contributed by atoms with Gasteiger partial charge in [-0.3, -0.25) is 4.79 Å². The highest BCUT2D eigenvalue weighted by atomic mass is 32.2. The smallest absolute Gasteiger partial charge is 0.243 e. The van der Waals surface area contributed by atoms with Crippen molar-refractivity contribution in [3.8, 4) is 5.75 Å². The van der Waals surface area contributed by atoms with E-state index in [1.54, 1.807) is 24.1 Å². The van der Waals surface area contributed by atoms with Gasteiger partial charge in [-0.25, -0.2) is 8.42 Å². The third-order valence-corrected chi connectivity index (χ3v) is 6.99. The Labute approximate surface area is 166 Å². The SMILES string of the molecule is CCc1ccc(S(=O)(=O)N2CCN(C(=O)Cc3ccc(OC)cc3)CC2)cc1. The number of hydrogen-bond donors (Lipinski definition) is 0. The molecule has 2 aromatic carbocycles. The van der Waals surface area contributed by atoms with Crippen LogP contribution in [0.25, 0.3) is 0 Å². The zero-order valence-corrected chi connectivity index (χ0v) is 17.1. The van der Waals surface area contributed by atoms with Crippen molar-refractivity contribution in [2.24, 2.45) is 0 Å². The molecule has 1 amide bonds. The molecule has 1 saturated heterocycles. The molecule has 2 aromatic rings. The monoisotopic (exact) mass is 402 g/mol. The molecule has 6 nitrogen and oxygen atoms in total. The van der Waals surface area contributed by atoms with Crippen LogP contribution < -0.4 is 4.74 Å². The quantitative estimate of drug-likeness (QED) is 0.744. The van der Waals surface area contributed by atoms with E-state index < -0.39 is 10.0 Å². The average Bonchev–Trinajstić information content (AvgIpc) is 2.74. The molecule has 0 spiro atoms. The van der Waals surface area contributed by atoms with Gasteiger partial charge in [-0.2, -0.15) is 4.31 Å². The minimum atomic E-state index is -3.52. The number of carbonyl (C=O) groups is 1. The Hall–Kier alpha value is -2.38. The normalized spacial score (nSPS) is 15.4. The van der Waals surface area contributed by atoms with E-state index in [0.29, 0.717) is 37.5 Å². The number of ether oxygens (including phenoxy) is 1. The van der Waals surface area contributed by atoms with Crippen LogP contribution in [-0.2, 0) is 27.7 Å². The molecule has 7 heteroatoms. The number of amides is 1. The molecule has 0 bridgehead atoms. The molecule has 1 fully saturated rings. The first-order valence-electron chi connectivity index (χ1n) is 9.44. The molecule has 0 atom stereocenters. The van der Waals surface area contributed by atoms with Crippen molar-refractivity contribution in [2.75, 3.05) is 33.3 Å². The van der Waals surface area contributed by atoms with Crippen molar-refractivity contribution in [2.45, 2.75) is 24.7 Å². The van der Waals surface area contributed by atoms with Gasteiger partial charge in [0, 0.05) is 26.2 Å². The van der Waals surface area contributed by atoms with E-state index in [9.17, 15) is 13.2 Å². The maximum absolute atomic E-state index is 12.8. The summed E-state index contributed by atoms with van der Waals surface area (Å²) in [7, 11) is -1.92. The lowest BCUT2D eigenvalue weighted by atomic mass is 10.1. The second kappa shape index (κ2) is 8.75. The molecule has 1 aliphatic rings. The van der Waals surface area contributed by atoms with Gasteiger partial charge < -0.3 is 9.64 Å². The van der Waals surface area contributed by atoms with Crippen molar-refractivity contribution < 1.29 is 17.9 Å². The van der Waals surface area contributed by atoms with E-state index in [4.69, 9.17) is 4.74 Å². The topological polar surface area (TPSA) is 66.9 Å². The Morgan fingerprint density at radius 2 is 1.50 bits per heavy atom. The number of aryl methyl sites for hydroxylation is 1. The fourth-order valence-corrected chi connectivity index (χ4v) is 4.68.